The maximum atomic E-state index is 10.9. The van der Waals surface area contributed by atoms with E-state index in [0.29, 0.717) is 22.4 Å². The number of nitrogens with zero attached hydrogens (tertiary/aromatic N) is 3. The summed E-state index contributed by atoms with van der Waals surface area (Å²) in [6.45, 7) is 3.40. The number of hydrogen-bond acceptors (Lipinski definition) is 7. The van der Waals surface area contributed by atoms with Crippen LogP contribution >= 0.6 is 0 Å². The zero-order valence-electron chi connectivity index (χ0n) is 15.0. The van der Waals surface area contributed by atoms with Crippen LogP contribution < -0.4 is 5.73 Å². The monoisotopic (exact) mass is 370 g/mol. The first-order valence-electron chi connectivity index (χ1n) is 8.68. The summed E-state index contributed by atoms with van der Waals surface area (Å²) in [6.07, 6.45) is -1.36. The molecule has 2 aromatic heterocycles. The topological polar surface area (TPSA) is 127 Å². The first-order chi connectivity index (χ1) is 12.8. The third-order valence-corrected chi connectivity index (χ3v) is 5.25. The molecule has 1 aromatic carbocycles. The Bertz CT molecular complexity index is 970. The van der Waals surface area contributed by atoms with Gasteiger partial charge in [0.1, 0.15) is 41.7 Å². The van der Waals surface area contributed by atoms with E-state index in [1.165, 1.54) is 13.3 Å². The Morgan fingerprint density at radius 2 is 1.93 bits per heavy atom. The zero-order chi connectivity index (χ0) is 19.3. The predicted octanol–water partition coefficient (Wildman–Crippen LogP) is 1.06. The summed E-state index contributed by atoms with van der Waals surface area (Å²) in [6, 6.07) is 9.01. The van der Waals surface area contributed by atoms with Crippen molar-refractivity contribution in [3.8, 4) is 0 Å². The van der Waals surface area contributed by atoms with E-state index >= 15 is 0 Å². The van der Waals surface area contributed by atoms with E-state index in [1.54, 1.807) is 29.0 Å². The van der Waals surface area contributed by atoms with Crippen molar-refractivity contribution < 1.29 is 20.1 Å². The van der Waals surface area contributed by atoms with Crippen LogP contribution in [0.4, 0.5) is 5.82 Å². The van der Waals surface area contributed by atoms with Gasteiger partial charge in [0.2, 0.25) is 0 Å². The van der Waals surface area contributed by atoms with Crippen molar-refractivity contribution in [2.24, 2.45) is 0 Å². The molecule has 1 saturated heterocycles. The van der Waals surface area contributed by atoms with Gasteiger partial charge in [0.25, 0.3) is 0 Å². The number of benzene rings is 1. The molecule has 8 nitrogen and oxygen atoms in total. The Balaban J connectivity index is 1.70. The molecule has 0 spiro atoms. The van der Waals surface area contributed by atoms with Crippen LogP contribution in [0.3, 0.4) is 0 Å². The second-order valence-electron chi connectivity index (χ2n) is 7.19. The lowest BCUT2D eigenvalue weighted by Crippen LogP contribution is -2.47. The number of anilines is 1. The lowest BCUT2D eigenvalue weighted by atomic mass is 9.88. The van der Waals surface area contributed by atoms with Crippen LogP contribution in [0.2, 0.25) is 0 Å². The highest BCUT2D eigenvalue weighted by atomic mass is 16.6. The highest BCUT2D eigenvalue weighted by Crippen LogP contribution is 2.43. The third-order valence-electron chi connectivity index (χ3n) is 5.25. The van der Waals surface area contributed by atoms with E-state index < -0.39 is 30.1 Å². The number of hydrogen-bond donors (Lipinski definition) is 4. The first kappa shape index (κ1) is 17.9. The first-order valence-corrected chi connectivity index (χ1v) is 8.68. The minimum atomic E-state index is -1.68. The van der Waals surface area contributed by atoms with Crippen LogP contribution in [0.1, 0.15) is 30.4 Å². The van der Waals surface area contributed by atoms with E-state index in [-0.39, 0.29) is 0 Å². The summed E-state index contributed by atoms with van der Waals surface area (Å²) >= 11 is 0. The number of fused-ring (bicyclic) bond motifs is 1. The molecule has 0 radical (unpaired) electrons. The molecule has 8 heteroatoms. The highest BCUT2D eigenvalue weighted by molar-refractivity contribution is 5.86. The summed E-state index contributed by atoms with van der Waals surface area (Å²) in [7, 11) is 0. The van der Waals surface area contributed by atoms with Gasteiger partial charge in [0, 0.05) is 6.20 Å². The molecule has 27 heavy (non-hydrogen) atoms. The van der Waals surface area contributed by atoms with Gasteiger partial charge in [-0.2, -0.15) is 0 Å². The molecule has 5 N–H and O–H groups in total. The molecule has 5 atom stereocenters. The quantitative estimate of drug-likeness (QED) is 0.543. The van der Waals surface area contributed by atoms with Gasteiger partial charge in [-0.15, -0.1) is 0 Å². The molecule has 142 valence electrons. The SMILES string of the molecule is Cc1ccc([C@@H](O)[C@H]2O[C@@H](n3ccc4c(N)ncnc43)[C@H](O)[C@]2(C)O)cc1. The lowest BCUT2D eigenvalue weighted by Gasteiger charge is -2.29. The zero-order valence-corrected chi connectivity index (χ0v) is 15.0. The number of aryl methyl sites for hydroxylation is 1. The number of rotatable bonds is 3. The van der Waals surface area contributed by atoms with Crippen molar-refractivity contribution >= 4 is 16.9 Å². The number of nitrogen functional groups attached to an aromatic ring is 1. The van der Waals surface area contributed by atoms with Crippen LogP contribution in [-0.4, -0.2) is 47.7 Å². The van der Waals surface area contributed by atoms with Gasteiger partial charge in [-0.05, 0) is 25.5 Å². The van der Waals surface area contributed by atoms with Crippen molar-refractivity contribution in [3.63, 3.8) is 0 Å². The molecule has 3 aromatic rings. The number of aliphatic hydroxyl groups is 3. The Labute approximate surface area is 155 Å². The van der Waals surface area contributed by atoms with Gasteiger partial charge >= 0.3 is 0 Å². The average Bonchev–Trinajstić information content (AvgIpc) is 3.16. The molecule has 0 saturated carbocycles. The van der Waals surface area contributed by atoms with Crippen molar-refractivity contribution in [3.05, 3.63) is 54.0 Å². The molecule has 0 aliphatic carbocycles. The van der Waals surface area contributed by atoms with Gasteiger partial charge < -0.3 is 30.4 Å². The van der Waals surface area contributed by atoms with E-state index in [2.05, 4.69) is 9.97 Å². The fourth-order valence-electron chi connectivity index (χ4n) is 3.57. The van der Waals surface area contributed by atoms with Crippen LogP contribution in [0.5, 0.6) is 0 Å². The van der Waals surface area contributed by atoms with Gasteiger partial charge in [-0.1, -0.05) is 29.8 Å². The minimum absolute atomic E-state index is 0.314. The van der Waals surface area contributed by atoms with Crippen LogP contribution in [0.15, 0.2) is 42.9 Å². The highest BCUT2D eigenvalue weighted by Gasteiger charge is 2.55. The fourth-order valence-corrected chi connectivity index (χ4v) is 3.57. The Morgan fingerprint density at radius 3 is 2.63 bits per heavy atom. The normalized spacial score (nSPS) is 29.3. The van der Waals surface area contributed by atoms with E-state index in [0.717, 1.165) is 5.56 Å². The minimum Gasteiger partial charge on any atom is -0.386 e. The standard InChI is InChI=1S/C19H22N4O4/c1-10-3-5-11(6-4-10)13(24)15-19(2,26)14(25)18(27-15)23-8-7-12-16(20)21-9-22-17(12)23/h3-9,13-15,18,24-26H,1-2H3,(H2,20,21,22)/t13-,14+,15-,18-,19+/m1/s1. The molecule has 1 aliphatic rings. The summed E-state index contributed by atoms with van der Waals surface area (Å²) in [5.74, 6) is 0.314. The molecule has 1 fully saturated rings. The molecule has 0 unspecified atom stereocenters. The molecular formula is C19H22N4O4. The largest absolute Gasteiger partial charge is 0.386 e. The molecule has 3 heterocycles. The van der Waals surface area contributed by atoms with E-state index in [1.807, 2.05) is 19.1 Å². The molecule has 1 aliphatic heterocycles. The average molecular weight is 370 g/mol. The fraction of sp³-hybridized carbons (Fsp3) is 0.368. The summed E-state index contributed by atoms with van der Waals surface area (Å²) in [4.78, 5) is 8.15. The van der Waals surface area contributed by atoms with Crippen molar-refractivity contribution in [2.75, 3.05) is 5.73 Å². The van der Waals surface area contributed by atoms with Crippen molar-refractivity contribution in [1.82, 2.24) is 14.5 Å². The van der Waals surface area contributed by atoms with Gasteiger partial charge in [0.15, 0.2) is 6.23 Å². The van der Waals surface area contributed by atoms with Crippen molar-refractivity contribution in [2.45, 2.75) is 44.0 Å². The third kappa shape index (κ3) is 2.78. The van der Waals surface area contributed by atoms with Crippen LogP contribution in [-0.2, 0) is 4.74 Å². The summed E-state index contributed by atoms with van der Waals surface area (Å²) < 4.78 is 7.53. The summed E-state index contributed by atoms with van der Waals surface area (Å²) in [5, 5.41) is 33.1. The maximum absolute atomic E-state index is 10.9. The summed E-state index contributed by atoms with van der Waals surface area (Å²) in [5.41, 5.74) is 6.32. The Kier molecular flexibility index (Phi) is 4.15. The molecule has 0 amide bonds. The van der Waals surface area contributed by atoms with Crippen LogP contribution in [0.25, 0.3) is 11.0 Å². The van der Waals surface area contributed by atoms with Crippen molar-refractivity contribution in [1.29, 1.82) is 0 Å². The number of aromatic nitrogens is 3. The van der Waals surface area contributed by atoms with Gasteiger partial charge in [0.05, 0.1) is 5.39 Å². The van der Waals surface area contributed by atoms with Crippen LogP contribution in [0, 0.1) is 6.92 Å². The molecular weight excluding hydrogens is 348 g/mol. The Hall–Kier alpha value is -2.52. The van der Waals surface area contributed by atoms with E-state index in [9.17, 15) is 15.3 Å². The number of aliphatic hydroxyl groups excluding tert-OH is 2. The lowest BCUT2D eigenvalue weighted by molar-refractivity contribution is -0.115. The predicted molar refractivity (Wildman–Crippen MR) is 98.6 cm³/mol. The second-order valence-corrected chi connectivity index (χ2v) is 7.19. The maximum Gasteiger partial charge on any atom is 0.164 e. The van der Waals surface area contributed by atoms with Gasteiger partial charge in [-0.3, -0.25) is 0 Å². The smallest absolute Gasteiger partial charge is 0.164 e. The van der Waals surface area contributed by atoms with E-state index in [4.69, 9.17) is 10.5 Å². The van der Waals surface area contributed by atoms with Gasteiger partial charge in [-0.25, -0.2) is 9.97 Å². The number of nitrogens with two attached hydrogens (primary N) is 1. The Morgan fingerprint density at radius 1 is 1.22 bits per heavy atom. The second kappa shape index (κ2) is 6.28. The number of ether oxygens (including phenoxy) is 1. The molecule has 0 bridgehead atoms. The molecule has 4 rings (SSSR count).